The Labute approximate surface area is 246 Å². The number of carboxylic acids is 1. The van der Waals surface area contributed by atoms with E-state index in [2.05, 4.69) is 0 Å². The van der Waals surface area contributed by atoms with Crippen molar-refractivity contribution in [1.82, 2.24) is 8.87 Å². The van der Waals surface area contributed by atoms with Gasteiger partial charge in [0.1, 0.15) is 6.04 Å². The number of nitrogens with zero attached hydrogens (tertiary/aromatic N) is 2. The van der Waals surface area contributed by atoms with Gasteiger partial charge >= 0.3 is 12.1 Å². The van der Waals surface area contributed by atoms with E-state index in [1.165, 1.54) is 12.1 Å². The summed E-state index contributed by atoms with van der Waals surface area (Å²) >= 11 is 0. The van der Waals surface area contributed by atoms with Crippen molar-refractivity contribution in [3.8, 4) is 11.1 Å². The Bertz CT molecular complexity index is 1920. The van der Waals surface area contributed by atoms with E-state index in [4.69, 9.17) is 0 Å². The first kappa shape index (κ1) is 29.1. The highest BCUT2D eigenvalue weighted by atomic mass is 32.2. The Hall–Kier alpha value is -3.96. The molecule has 7 nitrogen and oxygen atoms in total. The van der Waals surface area contributed by atoms with Gasteiger partial charge in [-0.2, -0.15) is 17.5 Å². The first-order chi connectivity index (χ1) is 20.4. The van der Waals surface area contributed by atoms with Crippen LogP contribution in [-0.4, -0.2) is 41.5 Å². The highest BCUT2D eigenvalue weighted by Crippen LogP contribution is 2.47. The van der Waals surface area contributed by atoms with Gasteiger partial charge in [0, 0.05) is 24.2 Å². The fraction of sp³-hybridized carbons (Fsp3) is 0.312. The zero-order valence-corrected chi connectivity index (χ0v) is 24.1. The summed E-state index contributed by atoms with van der Waals surface area (Å²) in [6, 6.07) is 16.0. The molecule has 1 aromatic heterocycles. The lowest BCUT2D eigenvalue weighted by Gasteiger charge is -2.36. The van der Waals surface area contributed by atoms with E-state index in [0.29, 0.717) is 24.8 Å². The third-order valence-corrected chi connectivity index (χ3v) is 10.2. The lowest BCUT2D eigenvalue weighted by atomic mass is 9.88. The average Bonchev–Trinajstić information content (AvgIpc) is 3.80. The second-order valence-corrected chi connectivity index (χ2v) is 13.0. The van der Waals surface area contributed by atoms with Crippen molar-refractivity contribution in [2.45, 2.75) is 55.8 Å². The molecule has 1 N–H and O–H groups in total. The third kappa shape index (κ3) is 5.04. The summed E-state index contributed by atoms with van der Waals surface area (Å²) in [6.45, 7) is 1.28. The van der Waals surface area contributed by atoms with Crippen LogP contribution in [0.4, 0.5) is 13.2 Å². The Morgan fingerprint density at radius 2 is 1.72 bits per heavy atom. The van der Waals surface area contributed by atoms with Crippen LogP contribution < -0.4 is 5.56 Å². The molecule has 0 spiro atoms. The molecule has 3 aromatic carbocycles. The smallest absolute Gasteiger partial charge is 0.416 e. The van der Waals surface area contributed by atoms with Crippen molar-refractivity contribution in [1.29, 1.82) is 0 Å². The number of hydrogen-bond donors (Lipinski definition) is 1. The molecule has 1 saturated carbocycles. The van der Waals surface area contributed by atoms with E-state index in [1.54, 1.807) is 6.92 Å². The first-order valence-corrected chi connectivity index (χ1v) is 15.6. The number of fused-ring (bicyclic) bond motifs is 2. The summed E-state index contributed by atoms with van der Waals surface area (Å²) in [5.41, 5.74) is -0.418. The van der Waals surface area contributed by atoms with E-state index < -0.39 is 50.9 Å². The molecule has 0 radical (unpaired) electrons. The largest absolute Gasteiger partial charge is 0.480 e. The molecule has 0 bridgehead atoms. The Balaban J connectivity index is 1.77. The molecule has 4 aromatic rings. The van der Waals surface area contributed by atoms with Gasteiger partial charge in [-0.1, -0.05) is 61.5 Å². The quantitative estimate of drug-likeness (QED) is 0.269. The van der Waals surface area contributed by atoms with Gasteiger partial charge in [0.05, 0.1) is 5.56 Å². The van der Waals surface area contributed by atoms with Crippen molar-refractivity contribution < 1.29 is 31.5 Å². The molecule has 1 aliphatic heterocycles. The summed E-state index contributed by atoms with van der Waals surface area (Å²) in [7, 11) is -4.49. The standard InChI is InChI=1S/C32H29F3N2O5S/c1-2-15-36-18-26(31(39)40)37-29(38)27(20-13-14-20)25(17-21-9-5-8-19-7-3-4-12-24(19)21)28(30(37)43(36,41)42)22-10-6-11-23(16-22)32(33,34)35/h3-12,16,20,26H,2,13-15,17-18H2,1H3,(H,39,40). The fourth-order valence-corrected chi connectivity index (χ4v) is 8.14. The van der Waals surface area contributed by atoms with Gasteiger partial charge in [-0.3, -0.25) is 9.36 Å². The number of hydrogen-bond acceptors (Lipinski definition) is 4. The van der Waals surface area contributed by atoms with Crippen LogP contribution in [0.15, 0.2) is 76.6 Å². The molecule has 11 heteroatoms. The number of halogens is 3. The number of pyridine rings is 1. The van der Waals surface area contributed by atoms with Crippen LogP contribution >= 0.6 is 0 Å². The van der Waals surface area contributed by atoms with Crippen LogP contribution in [0.2, 0.25) is 0 Å². The Morgan fingerprint density at radius 3 is 2.40 bits per heavy atom. The second kappa shape index (κ2) is 10.6. The fourth-order valence-electron chi connectivity index (χ4n) is 6.18. The summed E-state index contributed by atoms with van der Waals surface area (Å²) in [6.07, 6.45) is -3.01. The van der Waals surface area contributed by atoms with Gasteiger partial charge in [0.15, 0.2) is 5.03 Å². The maximum Gasteiger partial charge on any atom is 0.416 e. The molecule has 0 saturated heterocycles. The van der Waals surface area contributed by atoms with Crippen molar-refractivity contribution >= 4 is 26.8 Å². The van der Waals surface area contributed by atoms with Crippen LogP contribution in [0.5, 0.6) is 0 Å². The average molecular weight is 611 g/mol. The predicted molar refractivity (Wildman–Crippen MR) is 156 cm³/mol. The number of carboxylic acid groups (broad SMARTS) is 1. The van der Waals surface area contributed by atoms with Crippen molar-refractivity contribution in [3.63, 3.8) is 0 Å². The predicted octanol–water partition coefficient (Wildman–Crippen LogP) is 6.20. The molecule has 2 heterocycles. The van der Waals surface area contributed by atoms with Crippen LogP contribution in [0, 0.1) is 0 Å². The van der Waals surface area contributed by atoms with Crippen LogP contribution in [0.25, 0.3) is 21.9 Å². The van der Waals surface area contributed by atoms with Crippen LogP contribution in [0.1, 0.15) is 60.4 Å². The van der Waals surface area contributed by atoms with E-state index in [1.807, 2.05) is 42.5 Å². The molecule has 1 atom stereocenters. The van der Waals surface area contributed by atoms with Crippen LogP contribution in [0.3, 0.4) is 0 Å². The summed E-state index contributed by atoms with van der Waals surface area (Å²) in [5, 5.41) is 11.4. The molecular weight excluding hydrogens is 581 g/mol. The van der Waals surface area contributed by atoms with Gasteiger partial charge in [-0.25, -0.2) is 13.2 Å². The Kier molecular flexibility index (Phi) is 7.21. The Morgan fingerprint density at radius 1 is 1.02 bits per heavy atom. The summed E-state index contributed by atoms with van der Waals surface area (Å²) < 4.78 is 72.2. The first-order valence-electron chi connectivity index (χ1n) is 14.1. The molecule has 224 valence electrons. The van der Waals surface area contributed by atoms with Crippen molar-refractivity contribution in [3.05, 3.63) is 99.3 Å². The van der Waals surface area contributed by atoms with E-state index >= 15 is 0 Å². The lowest BCUT2D eigenvalue weighted by Crippen LogP contribution is -2.50. The van der Waals surface area contributed by atoms with E-state index in [0.717, 1.165) is 37.3 Å². The molecule has 6 rings (SSSR count). The van der Waals surface area contributed by atoms with Gasteiger partial charge < -0.3 is 5.11 Å². The molecule has 1 aliphatic carbocycles. The normalized spacial score (nSPS) is 18.5. The minimum absolute atomic E-state index is 0.00856. The molecule has 43 heavy (non-hydrogen) atoms. The molecule has 2 aliphatic rings. The third-order valence-electron chi connectivity index (χ3n) is 8.25. The molecule has 1 unspecified atom stereocenters. The molecular formula is C32H29F3N2O5S. The van der Waals surface area contributed by atoms with Gasteiger partial charge in [-0.15, -0.1) is 0 Å². The minimum atomic E-state index is -4.71. The number of aromatic nitrogens is 1. The van der Waals surface area contributed by atoms with Crippen LogP contribution in [-0.2, 0) is 27.4 Å². The van der Waals surface area contributed by atoms with E-state index in [9.17, 15) is 36.3 Å². The van der Waals surface area contributed by atoms with Gasteiger partial charge in [0.25, 0.3) is 15.6 Å². The molecule has 1 fully saturated rings. The number of carbonyl (C=O) groups is 1. The summed E-state index contributed by atoms with van der Waals surface area (Å²) in [5.74, 6) is -1.65. The number of alkyl halides is 3. The minimum Gasteiger partial charge on any atom is -0.480 e. The van der Waals surface area contributed by atoms with Gasteiger partial charge in [-0.05, 0) is 71.2 Å². The summed E-state index contributed by atoms with van der Waals surface area (Å²) in [4.78, 5) is 26.8. The molecule has 0 amide bonds. The van der Waals surface area contributed by atoms with E-state index in [-0.39, 0.29) is 35.6 Å². The number of sulfonamides is 1. The SMILES string of the molecule is CCCN1CC(C(=O)O)n2c(c(-c3cccc(C(F)(F)F)c3)c(Cc3cccc4ccccc34)c(C3CC3)c2=O)S1(=O)=O. The maximum atomic E-state index is 14.3. The number of aliphatic carboxylic acids is 1. The highest BCUT2D eigenvalue weighted by Gasteiger charge is 2.46. The zero-order valence-electron chi connectivity index (χ0n) is 23.3. The van der Waals surface area contributed by atoms with Crippen molar-refractivity contribution in [2.24, 2.45) is 0 Å². The number of rotatable bonds is 7. The highest BCUT2D eigenvalue weighted by molar-refractivity contribution is 7.89. The topological polar surface area (TPSA) is 96.7 Å². The monoisotopic (exact) mass is 610 g/mol. The maximum absolute atomic E-state index is 14.3. The number of benzene rings is 3. The van der Waals surface area contributed by atoms with Gasteiger partial charge in [0.2, 0.25) is 0 Å². The zero-order chi connectivity index (χ0) is 30.7. The lowest BCUT2D eigenvalue weighted by molar-refractivity contribution is -0.141. The second-order valence-electron chi connectivity index (χ2n) is 11.1. The van der Waals surface area contributed by atoms with Crippen molar-refractivity contribution in [2.75, 3.05) is 13.1 Å².